The van der Waals surface area contributed by atoms with Crippen LogP contribution < -0.4 is 0 Å². The van der Waals surface area contributed by atoms with Crippen LogP contribution in [0.1, 0.15) is 22.3 Å². The summed E-state index contributed by atoms with van der Waals surface area (Å²) in [6.45, 7) is 0. The molecule has 246 valence electrons. The molecule has 0 aromatic heterocycles. The molecule has 0 nitrogen and oxygen atoms in total. The maximum atomic E-state index is 2.56. The molecule has 0 unspecified atom stereocenters. The van der Waals surface area contributed by atoms with Gasteiger partial charge in [0.2, 0.25) is 0 Å². The molecular weight excluding hydrogens is 637 g/mol. The lowest BCUT2D eigenvalue weighted by atomic mass is 9.67. The van der Waals surface area contributed by atoms with Crippen molar-refractivity contribution in [3.8, 4) is 33.4 Å². The molecule has 0 radical (unpaired) electrons. The maximum Gasteiger partial charge on any atom is 0.0714 e. The first-order valence-electron chi connectivity index (χ1n) is 18.5. The monoisotopic (exact) mass is 670 g/mol. The highest BCUT2D eigenvalue weighted by atomic mass is 14.5. The Hall–Kier alpha value is -6.76. The predicted octanol–water partition coefficient (Wildman–Crippen LogP) is 14.0. The van der Waals surface area contributed by atoms with E-state index in [4.69, 9.17) is 0 Å². The SMILES string of the molecule is c1ccc(C2(c3ccccc3)c3ccccc3-c3c2cc(-c2c4ccccc4c(-c4cccc5ccccc45)c4ccccc24)c2ccccc32)cc1. The van der Waals surface area contributed by atoms with Gasteiger partial charge >= 0.3 is 0 Å². The fourth-order valence-corrected chi connectivity index (χ4v) is 9.66. The van der Waals surface area contributed by atoms with Gasteiger partial charge in [-0.2, -0.15) is 0 Å². The summed E-state index contributed by atoms with van der Waals surface area (Å²) >= 11 is 0. The highest BCUT2D eigenvalue weighted by molar-refractivity contribution is 6.26. The van der Waals surface area contributed by atoms with Crippen molar-refractivity contribution >= 4 is 43.1 Å². The van der Waals surface area contributed by atoms with Gasteiger partial charge in [0.05, 0.1) is 5.41 Å². The Morgan fingerprint density at radius 3 is 1.26 bits per heavy atom. The minimum atomic E-state index is -0.498. The van der Waals surface area contributed by atoms with E-state index in [2.05, 4.69) is 206 Å². The molecular formula is C53H34. The van der Waals surface area contributed by atoms with Crippen LogP contribution in [0.2, 0.25) is 0 Å². The molecule has 11 rings (SSSR count). The molecule has 10 aromatic rings. The molecule has 0 N–H and O–H groups in total. The Labute approximate surface area is 309 Å². The molecule has 0 atom stereocenters. The number of hydrogen-bond donors (Lipinski definition) is 0. The normalized spacial score (nSPS) is 13.1. The van der Waals surface area contributed by atoms with Gasteiger partial charge in [-0.15, -0.1) is 0 Å². The second-order valence-electron chi connectivity index (χ2n) is 14.3. The van der Waals surface area contributed by atoms with Crippen molar-refractivity contribution in [2.75, 3.05) is 0 Å². The molecule has 0 bridgehead atoms. The third-order valence-corrected chi connectivity index (χ3v) is 11.7. The van der Waals surface area contributed by atoms with E-state index in [-0.39, 0.29) is 0 Å². The zero-order valence-electron chi connectivity index (χ0n) is 29.1. The zero-order valence-corrected chi connectivity index (χ0v) is 29.1. The van der Waals surface area contributed by atoms with E-state index < -0.39 is 5.41 Å². The van der Waals surface area contributed by atoms with Crippen LogP contribution in [0.5, 0.6) is 0 Å². The summed E-state index contributed by atoms with van der Waals surface area (Å²) in [6.07, 6.45) is 0. The van der Waals surface area contributed by atoms with Crippen molar-refractivity contribution in [1.82, 2.24) is 0 Å². The highest BCUT2D eigenvalue weighted by Crippen LogP contribution is 2.59. The molecule has 1 aliphatic carbocycles. The van der Waals surface area contributed by atoms with E-state index >= 15 is 0 Å². The predicted molar refractivity (Wildman–Crippen MR) is 225 cm³/mol. The van der Waals surface area contributed by atoms with Gasteiger partial charge in [0.25, 0.3) is 0 Å². The molecule has 0 heterocycles. The van der Waals surface area contributed by atoms with Crippen molar-refractivity contribution in [3.05, 3.63) is 229 Å². The van der Waals surface area contributed by atoms with Crippen LogP contribution in [0.15, 0.2) is 206 Å². The molecule has 1 aliphatic rings. The van der Waals surface area contributed by atoms with E-state index in [0.717, 1.165) is 0 Å². The van der Waals surface area contributed by atoms with E-state index in [0.29, 0.717) is 0 Å². The Kier molecular flexibility index (Phi) is 6.57. The quantitative estimate of drug-likeness (QED) is 0.164. The summed E-state index contributed by atoms with van der Waals surface area (Å²) in [5.41, 5.74) is 12.5. The van der Waals surface area contributed by atoms with Gasteiger partial charge in [-0.1, -0.05) is 200 Å². The molecule has 0 saturated carbocycles. The lowest BCUT2D eigenvalue weighted by Gasteiger charge is -2.34. The van der Waals surface area contributed by atoms with E-state index in [1.807, 2.05) is 0 Å². The maximum absolute atomic E-state index is 2.56. The lowest BCUT2D eigenvalue weighted by Crippen LogP contribution is -2.28. The van der Waals surface area contributed by atoms with E-state index in [1.165, 1.54) is 98.7 Å². The molecule has 0 amide bonds. The third-order valence-electron chi connectivity index (χ3n) is 11.7. The summed E-state index contributed by atoms with van der Waals surface area (Å²) in [5.74, 6) is 0. The van der Waals surface area contributed by atoms with Crippen LogP contribution in [0.4, 0.5) is 0 Å². The van der Waals surface area contributed by atoms with Gasteiger partial charge in [0, 0.05) is 0 Å². The first-order valence-corrected chi connectivity index (χ1v) is 18.5. The summed E-state index contributed by atoms with van der Waals surface area (Å²) < 4.78 is 0. The van der Waals surface area contributed by atoms with Gasteiger partial charge in [-0.25, -0.2) is 0 Å². The topological polar surface area (TPSA) is 0 Å². The van der Waals surface area contributed by atoms with Crippen LogP contribution >= 0.6 is 0 Å². The van der Waals surface area contributed by atoms with Crippen LogP contribution in [-0.2, 0) is 5.41 Å². The van der Waals surface area contributed by atoms with Crippen LogP contribution in [0.3, 0.4) is 0 Å². The van der Waals surface area contributed by atoms with Crippen molar-refractivity contribution < 1.29 is 0 Å². The molecule has 10 aromatic carbocycles. The number of benzene rings is 10. The third kappa shape index (κ3) is 4.18. The summed E-state index contributed by atoms with van der Waals surface area (Å²) in [6, 6.07) is 76.7. The fraction of sp³-hybridized carbons (Fsp3) is 0.0189. The van der Waals surface area contributed by atoms with Crippen molar-refractivity contribution in [2.45, 2.75) is 5.41 Å². The first kappa shape index (κ1) is 29.9. The summed E-state index contributed by atoms with van der Waals surface area (Å²) in [5, 5.41) is 10.1. The van der Waals surface area contributed by atoms with Gasteiger partial charge in [-0.3, -0.25) is 0 Å². The van der Waals surface area contributed by atoms with Gasteiger partial charge < -0.3 is 0 Å². The summed E-state index contributed by atoms with van der Waals surface area (Å²) in [7, 11) is 0. The lowest BCUT2D eigenvalue weighted by molar-refractivity contribution is 0.769. The molecule has 0 saturated heterocycles. The molecule has 53 heavy (non-hydrogen) atoms. The summed E-state index contributed by atoms with van der Waals surface area (Å²) in [4.78, 5) is 0. The second-order valence-corrected chi connectivity index (χ2v) is 14.3. The largest absolute Gasteiger partial charge is 0.0714 e. The van der Waals surface area contributed by atoms with Crippen LogP contribution in [-0.4, -0.2) is 0 Å². The Morgan fingerprint density at radius 1 is 0.245 bits per heavy atom. The van der Waals surface area contributed by atoms with Crippen LogP contribution in [0, 0.1) is 0 Å². The first-order chi connectivity index (χ1) is 26.3. The number of rotatable bonds is 4. The Balaban J connectivity index is 1.33. The van der Waals surface area contributed by atoms with Crippen molar-refractivity contribution in [3.63, 3.8) is 0 Å². The minimum Gasteiger partial charge on any atom is -0.0622 e. The zero-order chi connectivity index (χ0) is 34.9. The van der Waals surface area contributed by atoms with Crippen molar-refractivity contribution in [1.29, 1.82) is 0 Å². The van der Waals surface area contributed by atoms with Crippen LogP contribution in [0.25, 0.3) is 76.5 Å². The molecule has 0 spiro atoms. The average Bonchev–Trinajstić information content (AvgIpc) is 3.54. The smallest absolute Gasteiger partial charge is 0.0622 e. The molecule has 0 fully saturated rings. The van der Waals surface area contributed by atoms with E-state index in [9.17, 15) is 0 Å². The van der Waals surface area contributed by atoms with Gasteiger partial charge in [-0.05, 0) is 105 Å². The Bertz CT molecular complexity index is 2940. The van der Waals surface area contributed by atoms with Gasteiger partial charge in [0.15, 0.2) is 0 Å². The van der Waals surface area contributed by atoms with Crippen molar-refractivity contribution in [2.24, 2.45) is 0 Å². The fourth-order valence-electron chi connectivity index (χ4n) is 9.66. The highest BCUT2D eigenvalue weighted by Gasteiger charge is 2.47. The average molecular weight is 671 g/mol. The van der Waals surface area contributed by atoms with Gasteiger partial charge in [0.1, 0.15) is 0 Å². The van der Waals surface area contributed by atoms with E-state index in [1.54, 1.807) is 0 Å². The molecule has 0 heteroatoms. The number of fused-ring (bicyclic) bond motifs is 8. The second kappa shape index (κ2) is 11.6. The standard InChI is InChI=1S/C53H34/c1-3-20-36(21-4-1)53(37-22-5-2-6-23-37)48-33-16-15-31-46(48)52-41-26-10-9-25-39(41)47(34-49(52)53)51-44-29-13-11-27-42(44)50(43-28-12-14-30-45(43)51)40-32-17-19-35-18-7-8-24-38(35)40/h1-34H. The minimum absolute atomic E-state index is 0.498. The molecule has 0 aliphatic heterocycles. The Morgan fingerprint density at radius 2 is 0.660 bits per heavy atom. The number of hydrogen-bond acceptors (Lipinski definition) is 0.